The number of amides is 1. The third kappa shape index (κ3) is 63.5. The second kappa shape index (κ2) is 67.8. The van der Waals surface area contributed by atoms with Gasteiger partial charge in [0.1, 0.15) is 0 Å². The number of hydrogen-bond acceptors (Lipinski definition) is 5. The lowest BCUT2D eigenvalue weighted by atomic mass is 10.0. The monoisotopic (exact) mass is 1100 g/mol. The Balaban J connectivity index is 3.33. The first-order chi connectivity index (χ1) is 38.5. The van der Waals surface area contributed by atoms with Gasteiger partial charge in [-0.25, -0.2) is 0 Å². The normalized spacial score (nSPS) is 12.6. The highest BCUT2D eigenvalue weighted by Gasteiger charge is 2.18. The molecule has 0 spiro atoms. The topological polar surface area (TPSA) is 95.9 Å². The predicted molar refractivity (Wildman–Crippen MR) is 343 cm³/mol. The van der Waals surface area contributed by atoms with Crippen molar-refractivity contribution >= 4 is 11.9 Å². The highest BCUT2D eigenvalue weighted by Crippen LogP contribution is 2.19. The highest BCUT2D eigenvalue weighted by molar-refractivity contribution is 5.76. The van der Waals surface area contributed by atoms with Crippen LogP contribution in [0.1, 0.15) is 399 Å². The van der Waals surface area contributed by atoms with Crippen molar-refractivity contribution in [1.29, 1.82) is 0 Å². The van der Waals surface area contributed by atoms with Gasteiger partial charge >= 0.3 is 5.97 Å². The van der Waals surface area contributed by atoms with Gasteiger partial charge in [0.2, 0.25) is 5.91 Å². The average Bonchev–Trinajstić information content (AvgIpc) is 3.44. The molecule has 0 aliphatic rings. The average molecular weight is 1100 g/mol. The molecule has 2 unspecified atom stereocenters. The maximum Gasteiger partial charge on any atom is 0.305 e. The molecule has 0 aromatic heterocycles. The van der Waals surface area contributed by atoms with E-state index in [0.29, 0.717) is 19.4 Å². The molecule has 0 saturated heterocycles. The number of aliphatic hydroxyl groups is 2. The van der Waals surface area contributed by atoms with Crippen LogP contribution in [-0.2, 0) is 14.3 Å². The summed E-state index contributed by atoms with van der Waals surface area (Å²) in [5, 5.41) is 23.1. The zero-order valence-corrected chi connectivity index (χ0v) is 52.9. The number of hydrogen-bond donors (Lipinski definition) is 3. The van der Waals surface area contributed by atoms with E-state index in [2.05, 4.69) is 31.3 Å². The molecule has 0 bridgehead atoms. The summed E-state index contributed by atoms with van der Waals surface area (Å²) in [6.45, 7) is 4.93. The van der Waals surface area contributed by atoms with E-state index >= 15 is 0 Å². The quantitative estimate of drug-likeness (QED) is 0.0320. The Morgan fingerprint density at radius 2 is 0.603 bits per heavy atom. The summed E-state index contributed by atoms with van der Waals surface area (Å²) in [6, 6.07) is -0.624. The summed E-state index contributed by atoms with van der Waals surface area (Å²) < 4.78 is 5.50. The van der Waals surface area contributed by atoms with Crippen LogP contribution in [0.15, 0.2) is 24.3 Å². The van der Waals surface area contributed by atoms with Crippen LogP contribution in [0.25, 0.3) is 0 Å². The van der Waals surface area contributed by atoms with E-state index in [1.54, 1.807) is 6.08 Å². The van der Waals surface area contributed by atoms with Gasteiger partial charge in [0.15, 0.2) is 0 Å². The Kier molecular flexibility index (Phi) is 66.4. The first-order valence-corrected chi connectivity index (χ1v) is 35.6. The fraction of sp³-hybridized carbons (Fsp3) is 0.917. The maximum absolute atomic E-state index is 12.5. The fourth-order valence-electron chi connectivity index (χ4n) is 11.3. The minimum Gasteiger partial charge on any atom is -0.466 e. The number of aliphatic hydroxyl groups excluding tert-OH is 2. The number of carbonyl (C=O) groups is 2. The number of carbonyl (C=O) groups excluding carboxylic acids is 2. The van der Waals surface area contributed by atoms with Crippen LogP contribution >= 0.6 is 0 Å². The Labute approximate surface area is 488 Å². The number of ether oxygens (including phenoxy) is 1. The summed E-state index contributed by atoms with van der Waals surface area (Å²) in [6.07, 6.45) is 85.6. The van der Waals surface area contributed by atoms with Crippen LogP contribution in [0, 0.1) is 0 Å². The minimum atomic E-state index is -0.841. The molecule has 2 atom stereocenters. The van der Waals surface area contributed by atoms with Crippen molar-refractivity contribution in [2.24, 2.45) is 0 Å². The lowest BCUT2D eigenvalue weighted by molar-refractivity contribution is -0.143. The van der Waals surface area contributed by atoms with Gasteiger partial charge < -0.3 is 20.3 Å². The molecule has 0 aliphatic carbocycles. The summed E-state index contributed by atoms with van der Waals surface area (Å²) in [5.74, 6) is -0.0413. The largest absolute Gasteiger partial charge is 0.466 e. The molecule has 78 heavy (non-hydrogen) atoms. The van der Waals surface area contributed by atoms with Crippen LogP contribution in [-0.4, -0.2) is 47.4 Å². The predicted octanol–water partition coefficient (Wildman–Crippen LogP) is 22.9. The van der Waals surface area contributed by atoms with Gasteiger partial charge in [-0.1, -0.05) is 353 Å². The molecular weight excluding hydrogens is 959 g/mol. The smallest absolute Gasteiger partial charge is 0.305 e. The Morgan fingerprint density at radius 3 is 0.910 bits per heavy atom. The SMILES string of the molecule is CCCCCCCCCCCC/C=C/C(O)C(CO)NC(=O)CCCCCCCCCCCCCCCCCCC/C=C\CCCCCCCCCCCCCCOC(=O)CCCCCCCCCCCCCCCCCC. The molecule has 0 aromatic carbocycles. The number of rotatable bonds is 67. The molecule has 6 heteroatoms. The van der Waals surface area contributed by atoms with Gasteiger partial charge in [-0.05, 0) is 57.8 Å². The highest BCUT2D eigenvalue weighted by atomic mass is 16.5. The molecule has 6 nitrogen and oxygen atoms in total. The lowest BCUT2D eigenvalue weighted by Crippen LogP contribution is -2.45. The maximum atomic E-state index is 12.5. The fourth-order valence-corrected chi connectivity index (χ4v) is 11.3. The molecule has 0 saturated carbocycles. The molecule has 0 aliphatic heterocycles. The molecular formula is C72H139NO5. The third-order valence-corrected chi connectivity index (χ3v) is 16.7. The van der Waals surface area contributed by atoms with E-state index < -0.39 is 12.1 Å². The van der Waals surface area contributed by atoms with Crippen molar-refractivity contribution in [3.05, 3.63) is 24.3 Å². The van der Waals surface area contributed by atoms with Gasteiger partial charge in [0.05, 0.1) is 25.4 Å². The van der Waals surface area contributed by atoms with Gasteiger partial charge in [-0.15, -0.1) is 0 Å². The molecule has 0 heterocycles. The Hall–Kier alpha value is -1.66. The zero-order valence-electron chi connectivity index (χ0n) is 52.9. The van der Waals surface area contributed by atoms with E-state index in [1.807, 2.05) is 6.08 Å². The molecule has 1 amide bonds. The van der Waals surface area contributed by atoms with Crippen LogP contribution in [0.4, 0.5) is 0 Å². The summed E-state index contributed by atoms with van der Waals surface area (Å²) >= 11 is 0. The van der Waals surface area contributed by atoms with Crippen molar-refractivity contribution in [1.82, 2.24) is 5.32 Å². The summed E-state index contributed by atoms with van der Waals surface area (Å²) in [7, 11) is 0. The molecule has 462 valence electrons. The van der Waals surface area contributed by atoms with Gasteiger partial charge in [-0.2, -0.15) is 0 Å². The lowest BCUT2D eigenvalue weighted by Gasteiger charge is -2.20. The van der Waals surface area contributed by atoms with Crippen molar-refractivity contribution in [3.8, 4) is 0 Å². The standard InChI is InChI=1S/C72H139NO5/c1-3-5-7-9-11-13-15-17-18-39-42-46-50-54-58-62-66-72(77)78-67-63-59-55-51-47-43-40-37-35-33-31-29-27-25-23-21-19-20-22-24-26-28-30-32-34-36-38-41-45-49-53-57-61-65-71(76)73-69(68-74)70(75)64-60-56-52-48-44-16-14-12-10-8-6-4-2/h23,25,60,64,69-70,74-75H,3-22,24,26-59,61-63,65-68H2,1-2H3,(H,73,76)/b25-23-,64-60+. The van der Waals surface area contributed by atoms with Crippen molar-refractivity contribution in [2.75, 3.05) is 13.2 Å². The number of esters is 1. The minimum absolute atomic E-state index is 0.0225. The molecule has 0 rings (SSSR count). The second-order valence-corrected chi connectivity index (χ2v) is 24.6. The first-order valence-electron chi connectivity index (χ1n) is 35.6. The van der Waals surface area contributed by atoms with E-state index in [4.69, 9.17) is 4.74 Å². The van der Waals surface area contributed by atoms with Gasteiger partial charge in [-0.3, -0.25) is 9.59 Å². The molecule has 0 radical (unpaired) electrons. The summed E-state index contributed by atoms with van der Waals surface area (Å²) in [5.41, 5.74) is 0. The second-order valence-electron chi connectivity index (χ2n) is 24.6. The summed E-state index contributed by atoms with van der Waals surface area (Å²) in [4.78, 5) is 24.5. The Morgan fingerprint density at radius 1 is 0.346 bits per heavy atom. The van der Waals surface area contributed by atoms with Crippen molar-refractivity contribution < 1.29 is 24.5 Å². The van der Waals surface area contributed by atoms with Crippen LogP contribution in [0.3, 0.4) is 0 Å². The molecule has 0 fully saturated rings. The van der Waals surface area contributed by atoms with Crippen molar-refractivity contribution in [2.45, 2.75) is 411 Å². The van der Waals surface area contributed by atoms with Crippen molar-refractivity contribution in [3.63, 3.8) is 0 Å². The van der Waals surface area contributed by atoms with Crippen LogP contribution in [0.5, 0.6) is 0 Å². The first kappa shape index (κ1) is 76.3. The van der Waals surface area contributed by atoms with Crippen LogP contribution < -0.4 is 5.32 Å². The number of nitrogens with one attached hydrogen (secondary N) is 1. The zero-order chi connectivity index (χ0) is 56.4. The van der Waals surface area contributed by atoms with E-state index in [0.717, 1.165) is 38.5 Å². The van der Waals surface area contributed by atoms with E-state index in [9.17, 15) is 19.8 Å². The molecule has 0 aromatic rings. The molecule has 3 N–H and O–H groups in total. The number of allylic oxidation sites excluding steroid dienone is 3. The number of unbranched alkanes of at least 4 members (excludes halogenated alkanes) is 54. The van der Waals surface area contributed by atoms with Crippen LogP contribution in [0.2, 0.25) is 0 Å². The van der Waals surface area contributed by atoms with Gasteiger partial charge in [0, 0.05) is 12.8 Å². The van der Waals surface area contributed by atoms with E-state index in [1.165, 1.54) is 334 Å². The van der Waals surface area contributed by atoms with E-state index in [-0.39, 0.29) is 18.5 Å². The third-order valence-electron chi connectivity index (χ3n) is 16.7. The van der Waals surface area contributed by atoms with Gasteiger partial charge in [0.25, 0.3) is 0 Å². The Bertz CT molecular complexity index is 1220.